The van der Waals surface area contributed by atoms with Crippen molar-refractivity contribution in [1.82, 2.24) is 20.5 Å². The van der Waals surface area contributed by atoms with Crippen LogP contribution in [-0.4, -0.2) is 21.2 Å². The van der Waals surface area contributed by atoms with E-state index in [1.165, 1.54) is 11.3 Å². The van der Waals surface area contributed by atoms with Gasteiger partial charge >= 0.3 is 6.03 Å². The molecule has 0 spiro atoms. The van der Waals surface area contributed by atoms with Crippen molar-refractivity contribution in [2.45, 2.75) is 26.3 Å². The monoisotopic (exact) mass is 311 g/mol. The molecule has 6 nitrogen and oxygen atoms in total. The maximum absolute atomic E-state index is 11.7. The van der Waals surface area contributed by atoms with Crippen molar-refractivity contribution in [2.24, 2.45) is 0 Å². The Labute approximate surface area is 125 Å². The summed E-state index contributed by atoms with van der Waals surface area (Å²) in [6.07, 6.45) is 3.49. The Morgan fingerprint density at radius 2 is 2.25 bits per heavy atom. The molecule has 2 aromatic rings. The molecule has 2 rings (SSSR count). The number of nitrogens with one attached hydrogen (secondary N) is 2. The predicted octanol–water partition coefficient (Wildman–Crippen LogP) is 2.86. The molecule has 106 valence electrons. The van der Waals surface area contributed by atoms with Gasteiger partial charge in [-0.2, -0.15) is 0 Å². The molecule has 8 heteroatoms. The summed E-state index contributed by atoms with van der Waals surface area (Å²) in [7, 11) is 0. The van der Waals surface area contributed by atoms with Crippen LogP contribution in [-0.2, 0) is 13.0 Å². The molecule has 0 fully saturated rings. The molecule has 0 aromatic carbocycles. The van der Waals surface area contributed by atoms with Crippen LogP contribution in [0.3, 0.4) is 0 Å². The topological polar surface area (TPSA) is 79.8 Å². The lowest BCUT2D eigenvalue weighted by atomic mass is 10.3. The van der Waals surface area contributed by atoms with Gasteiger partial charge in [0, 0.05) is 19.2 Å². The van der Waals surface area contributed by atoms with E-state index in [-0.39, 0.29) is 6.03 Å². The first-order valence-corrected chi connectivity index (χ1v) is 7.34. The molecule has 2 aromatic heterocycles. The Morgan fingerprint density at radius 3 is 2.95 bits per heavy atom. The zero-order valence-corrected chi connectivity index (χ0v) is 12.5. The minimum atomic E-state index is -0.320. The van der Waals surface area contributed by atoms with E-state index in [0.717, 1.165) is 23.4 Å². The molecular weight excluding hydrogens is 298 g/mol. The second kappa shape index (κ2) is 7.16. The Morgan fingerprint density at radius 1 is 1.40 bits per heavy atom. The molecule has 20 heavy (non-hydrogen) atoms. The number of pyridine rings is 1. The molecule has 2 amide bonds. The number of anilines is 1. The van der Waals surface area contributed by atoms with E-state index in [9.17, 15) is 4.79 Å². The number of halogens is 1. The molecule has 0 aliphatic carbocycles. The fourth-order valence-corrected chi connectivity index (χ4v) is 2.40. The maximum Gasteiger partial charge on any atom is 0.321 e. The van der Waals surface area contributed by atoms with E-state index < -0.39 is 0 Å². The zero-order valence-electron chi connectivity index (χ0n) is 10.9. The molecule has 0 bridgehead atoms. The summed E-state index contributed by atoms with van der Waals surface area (Å²) in [5, 5.41) is 15.1. The number of rotatable bonds is 5. The molecule has 0 aliphatic heterocycles. The third-order valence-corrected chi connectivity index (χ3v) is 3.51. The Kier molecular flexibility index (Phi) is 5.25. The van der Waals surface area contributed by atoms with Crippen molar-refractivity contribution in [3.05, 3.63) is 34.1 Å². The molecule has 0 atom stereocenters. The number of hydrogen-bond donors (Lipinski definition) is 2. The van der Waals surface area contributed by atoms with E-state index in [2.05, 4.69) is 32.7 Å². The zero-order chi connectivity index (χ0) is 14.4. The second-order valence-corrected chi connectivity index (χ2v) is 5.50. The molecule has 0 aliphatic rings. The predicted molar refractivity (Wildman–Crippen MR) is 79.0 cm³/mol. The number of amides is 2. The second-order valence-electron chi connectivity index (χ2n) is 4.05. The van der Waals surface area contributed by atoms with Crippen molar-refractivity contribution in [3.8, 4) is 0 Å². The van der Waals surface area contributed by atoms with Crippen LogP contribution >= 0.6 is 22.9 Å². The van der Waals surface area contributed by atoms with Crippen molar-refractivity contribution in [3.63, 3.8) is 0 Å². The SMILES string of the molecule is CCCc1nnc(NC(=O)NCc2ccc(Cl)nc2)s1. The fourth-order valence-electron chi connectivity index (χ4n) is 1.45. The summed E-state index contributed by atoms with van der Waals surface area (Å²) in [5.41, 5.74) is 0.869. The third-order valence-electron chi connectivity index (χ3n) is 2.39. The smallest absolute Gasteiger partial charge is 0.321 e. The summed E-state index contributed by atoms with van der Waals surface area (Å²) in [5.74, 6) is 0. The Bertz CT molecular complexity index is 571. The highest BCUT2D eigenvalue weighted by Gasteiger charge is 2.07. The van der Waals surface area contributed by atoms with Crippen LogP contribution in [0.1, 0.15) is 23.9 Å². The average Bonchev–Trinajstić information content (AvgIpc) is 2.86. The normalized spacial score (nSPS) is 10.3. The number of urea groups is 1. The number of carbonyl (C=O) groups excluding carboxylic acids is 1. The van der Waals surface area contributed by atoms with Crippen LogP contribution in [0, 0.1) is 0 Å². The van der Waals surface area contributed by atoms with Gasteiger partial charge in [-0.25, -0.2) is 9.78 Å². The van der Waals surface area contributed by atoms with Gasteiger partial charge in [0.2, 0.25) is 5.13 Å². The summed E-state index contributed by atoms with van der Waals surface area (Å²) >= 11 is 7.07. The van der Waals surface area contributed by atoms with E-state index in [1.54, 1.807) is 18.3 Å². The van der Waals surface area contributed by atoms with Gasteiger partial charge in [-0.1, -0.05) is 35.9 Å². The van der Waals surface area contributed by atoms with E-state index in [1.807, 2.05) is 0 Å². The highest BCUT2D eigenvalue weighted by atomic mass is 35.5. The van der Waals surface area contributed by atoms with Gasteiger partial charge in [-0.05, 0) is 18.1 Å². The quantitative estimate of drug-likeness (QED) is 0.832. The molecule has 0 saturated heterocycles. The highest BCUT2D eigenvalue weighted by Crippen LogP contribution is 2.16. The molecule has 2 heterocycles. The van der Waals surface area contributed by atoms with Crippen molar-refractivity contribution < 1.29 is 4.79 Å². The summed E-state index contributed by atoms with van der Waals surface area (Å²) < 4.78 is 0. The third kappa shape index (κ3) is 4.43. The number of nitrogens with zero attached hydrogens (tertiary/aromatic N) is 3. The fraction of sp³-hybridized carbons (Fsp3) is 0.333. The number of hydrogen-bond acceptors (Lipinski definition) is 5. The molecule has 0 saturated carbocycles. The van der Waals surface area contributed by atoms with Crippen LogP contribution in [0.5, 0.6) is 0 Å². The maximum atomic E-state index is 11.7. The van der Waals surface area contributed by atoms with Crippen LogP contribution < -0.4 is 10.6 Å². The molecule has 2 N–H and O–H groups in total. The van der Waals surface area contributed by atoms with E-state index >= 15 is 0 Å². The highest BCUT2D eigenvalue weighted by molar-refractivity contribution is 7.15. The minimum absolute atomic E-state index is 0.320. The molecule has 0 radical (unpaired) electrons. The largest absolute Gasteiger partial charge is 0.334 e. The summed E-state index contributed by atoms with van der Waals surface area (Å²) in [6, 6.07) is 3.16. The van der Waals surface area contributed by atoms with Gasteiger partial charge in [0.15, 0.2) is 0 Å². The first-order chi connectivity index (χ1) is 9.67. The van der Waals surface area contributed by atoms with Gasteiger partial charge in [-0.15, -0.1) is 10.2 Å². The first kappa shape index (κ1) is 14.7. The molecular formula is C12H14ClN5OS. The van der Waals surface area contributed by atoms with Crippen LogP contribution in [0.4, 0.5) is 9.93 Å². The van der Waals surface area contributed by atoms with E-state index in [4.69, 9.17) is 11.6 Å². The summed E-state index contributed by atoms with van der Waals surface area (Å²) in [4.78, 5) is 15.6. The van der Waals surface area contributed by atoms with Gasteiger partial charge in [0.1, 0.15) is 10.2 Å². The van der Waals surface area contributed by atoms with Crippen molar-refractivity contribution >= 4 is 34.1 Å². The van der Waals surface area contributed by atoms with Crippen LogP contribution in [0.25, 0.3) is 0 Å². The molecule has 0 unspecified atom stereocenters. The van der Waals surface area contributed by atoms with Crippen LogP contribution in [0.15, 0.2) is 18.3 Å². The number of carbonyl (C=O) groups is 1. The van der Waals surface area contributed by atoms with Crippen molar-refractivity contribution in [1.29, 1.82) is 0 Å². The summed E-state index contributed by atoms with van der Waals surface area (Å²) in [6.45, 7) is 2.44. The average molecular weight is 312 g/mol. The van der Waals surface area contributed by atoms with Gasteiger partial charge in [0.05, 0.1) is 0 Å². The lowest BCUT2D eigenvalue weighted by Gasteiger charge is -2.04. The number of aromatic nitrogens is 3. The van der Waals surface area contributed by atoms with Gasteiger partial charge < -0.3 is 5.32 Å². The van der Waals surface area contributed by atoms with Gasteiger partial charge in [0.25, 0.3) is 0 Å². The van der Waals surface area contributed by atoms with Gasteiger partial charge in [-0.3, -0.25) is 5.32 Å². The Balaban J connectivity index is 1.81. The standard InChI is InChI=1S/C12H14ClN5OS/c1-2-3-10-17-18-12(20-10)16-11(19)15-7-8-4-5-9(13)14-6-8/h4-6H,2-3,7H2,1H3,(H2,15,16,18,19). The first-order valence-electron chi connectivity index (χ1n) is 6.15. The lowest BCUT2D eigenvalue weighted by Crippen LogP contribution is -2.28. The number of aryl methyl sites for hydroxylation is 1. The Hall–Kier alpha value is -1.73. The minimum Gasteiger partial charge on any atom is -0.334 e. The lowest BCUT2D eigenvalue weighted by molar-refractivity contribution is 0.251. The van der Waals surface area contributed by atoms with E-state index in [0.29, 0.717) is 16.8 Å². The van der Waals surface area contributed by atoms with Crippen LogP contribution in [0.2, 0.25) is 5.15 Å². The van der Waals surface area contributed by atoms with Crippen molar-refractivity contribution in [2.75, 3.05) is 5.32 Å².